The molecule has 1 aliphatic carbocycles. The van der Waals surface area contributed by atoms with E-state index in [-0.39, 0.29) is 17.5 Å². The molecule has 2 rings (SSSR count). The first-order valence-corrected chi connectivity index (χ1v) is 6.15. The van der Waals surface area contributed by atoms with Crippen molar-refractivity contribution in [2.24, 2.45) is 18.9 Å². The molecule has 1 unspecified atom stereocenters. The van der Waals surface area contributed by atoms with E-state index in [0.29, 0.717) is 12.0 Å². The van der Waals surface area contributed by atoms with Crippen LogP contribution in [0.2, 0.25) is 0 Å². The Balaban J connectivity index is 2.20. The molecule has 17 heavy (non-hydrogen) atoms. The fourth-order valence-corrected chi connectivity index (χ4v) is 2.09. The number of carbonyl (C=O) groups is 2. The van der Waals surface area contributed by atoms with Gasteiger partial charge in [-0.25, -0.2) is 0 Å². The first-order valence-electron chi connectivity index (χ1n) is 6.15. The quantitative estimate of drug-likeness (QED) is 0.576. The second kappa shape index (κ2) is 4.43. The normalized spacial score (nSPS) is 16.9. The maximum Gasteiger partial charge on any atom is 0.176 e. The minimum absolute atomic E-state index is 0.0770. The predicted molar refractivity (Wildman–Crippen MR) is 63.8 cm³/mol. The third kappa shape index (κ3) is 2.30. The van der Waals surface area contributed by atoms with E-state index in [9.17, 15) is 9.59 Å². The van der Waals surface area contributed by atoms with Gasteiger partial charge in [0, 0.05) is 19.2 Å². The minimum Gasteiger partial charge on any atom is -0.299 e. The lowest BCUT2D eigenvalue weighted by Crippen LogP contribution is -2.23. The summed E-state index contributed by atoms with van der Waals surface area (Å²) in [5.74, 6) is -0.361. The van der Waals surface area contributed by atoms with E-state index in [1.807, 2.05) is 6.92 Å². The van der Waals surface area contributed by atoms with Crippen LogP contribution in [0.5, 0.6) is 0 Å². The van der Waals surface area contributed by atoms with Crippen LogP contribution in [0.4, 0.5) is 0 Å². The van der Waals surface area contributed by atoms with E-state index >= 15 is 0 Å². The van der Waals surface area contributed by atoms with Gasteiger partial charge in [-0.15, -0.1) is 0 Å². The second-order valence-electron chi connectivity index (χ2n) is 4.78. The fraction of sp³-hybridized carbons (Fsp3) is 0.615. The monoisotopic (exact) mass is 234 g/mol. The Morgan fingerprint density at radius 2 is 2.18 bits per heavy atom. The molecule has 0 bridgehead atoms. The summed E-state index contributed by atoms with van der Waals surface area (Å²) in [5, 5.41) is 4.24. The molecule has 1 atom stereocenters. The minimum atomic E-state index is -0.517. The van der Waals surface area contributed by atoms with Crippen molar-refractivity contribution in [2.45, 2.75) is 33.1 Å². The van der Waals surface area contributed by atoms with Crippen LogP contribution >= 0.6 is 0 Å². The third-order valence-electron chi connectivity index (χ3n) is 3.31. The van der Waals surface area contributed by atoms with Crippen LogP contribution in [0.1, 0.15) is 42.7 Å². The highest BCUT2D eigenvalue weighted by Crippen LogP contribution is 2.33. The molecule has 0 spiro atoms. The number of nitrogens with zero attached hydrogens (tertiary/aromatic N) is 2. The van der Waals surface area contributed by atoms with Gasteiger partial charge in [0.2, 0.25) is 0 Å². The van der Waals surface area contributed by atoms with E-state index in [4.69, 9.17) is 0 Å². The maximum absolute atomic E-state index is 12.2. The van der Waals surface area contributed by atoms with Crippen LogP contribution in [0.25, 0.3) is 0 Å². The van der Waals surface area contributed by atoms with Gasteiger partial charge in [-0.1, -0.05) is 6.92 Å². The van der Waals surface area contributed by atoms with Gasteiger partial charge >= 0.3 is 0 Å². The molecule has 0 aliphatic heterocycles. The van der Waals surface area contributed by atoms with Gasteiger partial charge in [0.1, 0.15) is 5.78 Å². The average molecular weight is 234 g/mol. The van der Waals surface area contributed by atoms with Crippen molar-refractivity contribution >= 4 is 11.6 Å². The molecule has 4 heteroatoms. The molecule has 0 amide bonds. The van der Waals surface area contributed by atoms with E-state index in [1.54, 1.807) is 24.9 Å². The molecular formula is C13H18N2O2. The van der Waals surface area contributed by atoms with Crippen molar-refractivity contribution in [1.29, 1.82) is 0 Å². The van der Waals surface area contributed by atoms with Gasteiger partial charge in [0.05, 0.1) is 17.2 Å². The van der Waals surface area contributed by atoms with Crippen molar-refractivity contribution in [3.05, 3.63) is 17.5 Å². The van der Waals surface area contributed by atoms with Crippen molar-refractivity contribution in [2.75, 3.05) is 0 Å². The molecule has 1 fully saturated rings. The van der Waals surface area contributed by atoms with E-state index in [2.05, 4.69) is 5.10 Å². The molecule has 92 valence electrons. The Hall–Kier alpha value is -1.45. The van der Waals surface area contributed by atoms with Gasteiger partial charge in [0.15, 0.2) is 5.78 Å². The summed E-state index contributed by atoms with van der Waals surface area (Å²) in [6, 6.07) is 0. The van der Waals surface area contributed by atoms with Crippen molar-refractivity contribution in [1.82, 2.24) is 9.78 Å². The molecule has 4 nitrogen and oxygen atoms in total. The van der Waals surface area contributed by atoms with Crippen LogP contribution < -0.4 is 0 Å². The SMILES string of the molecule is CCc1nn(C)cc1C(=O)C(C)C(=O)C1CC1. The summed E-state index contributed by atoms with van der Waals surface area (Å²) in [6.07, 6.45) is 4.33. The van der Waals surface area contributed by atoms with Crippen LogP contribution in [-0.2, 0) is 18.3 Å². The molecular weight excluding hydrogens is 216 g/mol. The summed E-state index contributed by atoms with van der Waals surface area (Å²) in [6.45, 7) is 3.68. The third-order valence-corrected chi connectivity index (χ3v) is 3.31. The maximum atomic E-state index is 12.2. The fourth-order valence-electron chi connectivity index (χ4n) is 2.09. The standard InChI is InChI=1S/C13H18N2O2/c1-4-11-10(7-15(3)14-11)13(17)8(2)12(16)9-5-6-9/h7-9H,4-6H2,1-3H3. The molecule has 1 heterocycles. The zero-order valence-electron chi connectivity index (χ0n) is 10.6. The number of carbonyl (C=O) groups excluding carboxylic acids is 2. The summed E-state index contributed by atoms with van der Waals surface area (Å²) in [5.41, 5.74) is 1.39. The average Bonchev–Trinajstić information content (AvgIpc) is 3.09. The van der Waals surface area contributed by atoms with Crippen LogP contribution in [-0.4, -0.2) is 21.3 Å². The first kappa shape index (κ1) is 12.0. The molecule has 0 saturated heterocycles. The number of hydrogen-bond acceptors (Lipinski definition) is 3. The zero-order valence-corrected chi connectivity index (χ0v) is 10.6. The van der Waals surface area contributed by atoms with Gasteiger partial charge in [-0.05, 0) is 26.2 Å². The summed E-state index contributed by atoms with van der Waals surface area (Å²) < 4.78 is 1.64. The van der Waals surface area contributed by atoms with Crippen molar-refractivity contribution in [3.8, 4) is 0 Å². The van der Waals surface area contributed by atoms with Crippen LogP contribution in [0, 0.1) is 11.8 Å². The number of Topliss-reactive ketones (excluding diaryl/α,β-unsaturated/α-hetero) is 2. The largest absolute Gasteiger partial charge is 0.299 e. The lowest BCUT2D eigenvalue weighted by atomic mass is 9.93. The number of aromatic nitrogens is 2. The Morgan fingerprint density at radius 3 is 2.71 bits per heavy atom. The first-order chi connectivity index (χ1) is 8.04. The van der Waals surface area contributed by atoms with Gasteiger partial charge < -0.3 is 0 Å². The number of ketones is 2. The molecule has 1 saturated carbocycles. The summed E-state index contributed by atoms with van der Waals surface area (Å²) >= 11 is 0. The Bertz CT molecular complexity index is 458. The highest BCUT2D eigenvalue weighted by Gasteiger charge is 2.36. The number of rotatable bonds is 5. The Kier molecular flexibility index (Phi) is 3.13. The Labute approximate surface area is 101 Å². The number of aryl methyl sites for hydroxylation is 2. The predicted octanol–water partition coefficient (Wildman–Crippen LogP) is 1.78. The lowest BCUT2D eigenvalue weighted by Gasteiger charge is -2.08. The molecule has 1 aromatic rings. The highest BCUT2D eigenvalue weighted by molar-refractivity contribution is 6.11. The smallest absolute Gasteiger partial charge is 0.176 e. The zero-order chi connectivity index (χ0) is 12.6. The molecule has 1 aliphatic rings. The molecule has 0 N–H and O–H groups in total. The molecule has 1 aromatic heterocycles. The summed E-state index contributed by atoms with van der Waals surface area (Å²) in [7, 11) is 1.79. The van der Waals surface area contributed by atoms with Crippen LogP contribution in [0.15, 0.2) is 6.20 Å². The second-order valence-corrected chi connectivity index (χ2v) is 4.78. The molecule has 0 radical (unpaired) electrons. The number of hydrogen-bond donors (Lipinski definition) is 0. The van der Waals surface area contributed by atoms with E-state index in [0.717, 1.165) is 18.5 Å². The van der Waals surface area contributed by atoms with Gasteiger partial charge in [-0.2, -0.15) is 5.10 Å². The van der Waals surface area contributed by atoms with E-state index < -0.39 is 5.92 Å². The summed E-state index contributed by atoms with van der Waals surface area (Å²) in [4.78, 5) is 24.1. The van der Waals surface area contributed by atoms with Crippen molar-refractivity contribution < 1.29 is 9.59 Å². The van der Waals surface area contributed by atoms with Crippen LogP contribution in [0.3, 0.4) is 0 Å². The van der Waals surface area contributed by atoms with E-state index in [1.165, 1.54) is 0 Å². The van der Waals surface area contributed by atoms with Crippen molar-refractivity contribution in [3.63, 3.8) is 0 Å². The van der Waals surface area contributed by atoms with Gasteiger partial charge in [0.25, 0.3) is 0 Å². The Morgan fingerprint density at radius 1 is 1.53 bits per heavy atom. The topological polar surface area (TPSA) is 52.0 Å². The highest BCUT2D eigenvalue weighted by atomic mass is 16.2. The lowest BCUT2D eigenvalue weighted by molar-refractivity contribution is -0.122. The molecule has 0 aromatic carbocycles. The van der Waals surface area contributed by atoms with Gasteiger partial charge in [-0.3, -0.25) is 14.3 Å².